The van der Waals surface area contributed by atoms with E-state index in [9.17, 15) is 4.79 Å². The molecule has 0 fully saturated rings. The number of thiophene rings is 1. The van der Waals surface area contributed by atoms with Gasteiger partial charge in [0.25, 0.3) is 0 Å². The molecule has 0 amide bonds. The van der Waals surface area contributed by atoms with Crippen molar-refractivity contribution in [2.24, 2.45) is 0 Å². The largest absolute Gasteiger partial charge is 0.479 e. The average Bonchev–Trinajstić information content (AvgIpc) is 2.51. The lowest BCUT2D eigenvalue weighted by Crippen LogP contribution is -2.13. The molecule has 0 spiro atoms. The second-order valence-electron chi connectivity index (χ2n) is 2.19. The predicted octanol–water partition coefficient (Wildman–Crippen LogP) is 1.91. The topological polar surface area (TPSA) is 46.5 Å². The molecular weight excluding hydrogens is 176 g/mol. The van der Waals surface area contributed by atoms with Crippen LogP contribution in [0.5, 0.6) is 0 Å². The van der Waals surface area contributed by atoms with Crippen LogP contribution in [-0.2, 0) is 9.53 Å². The van der Waals surface area contributed by atoms with Crippen LogP contribution < -0.4 is 0 Å². The van der Waals surface area contributed by atoms with E-state index in [4.69, 9.17) is 9.84 Å². The summed E-state index contributed by atoms with van der Waals surface area (Å²) in [6.07, 6.45) is -0.796. The van der Waals surface area contributed by atoms with Crippen LogP contribution in [0.1, 0.15) is 17.9 Å². The molecule has 66 valence electrons. The van der Waals surface area contributed by atoms with Crippen LogP contribution in [0, 0.1) is 0 Å². The molecule has 3 nitrogen and oxygen atoms in total. The highest BCUT2D eigenvalue weighted by Crippen LogP contribution is 2.22. The predicted molar refractivity (Wildman–Crippen MR) is 46.3 cm³/mol. The molecule has 12 heavy (non-hydrogen) atoms. The number of carbonyl (C=O) groups is 1. The van der Waals surface area contributed by atoms with Crippen molar-refractivity contribution in [1.29, 1.82) is 0 Å². The molecule has 1 aromatic rings. The monoisotopic (exact) mass is 186 g/mol. The summed E-state index contributed by atoms with van der Waals surface area (Å²) in [7, 11) is 0. The number of hydrogen-bond acceptors (Lipinski definition) is 3. The first-order chi connectivity index (χ1) is 5.75. The van der Waals surface area contributed by atoms with E-state index in [0.717, 1.165) is 4.88 Å². The Hall–Kier alpha value is -0.870. The van der Waals surface area contributed by atoms with Gasteiger partial charge in [-0.05, 0) is 18.4 Å². The summed E-state index contributed by atoms with van der Waals surface area (Å²) in [6.45, 7) is 2.19. The number of rotatable bonds is 4. The molecule has 1 atom stereocenters. The summed E-state index contributed by atoms with van der Waals surface area (Å²) in [4.78, 5) is 11.4. The molecule has 0 bridgehead atoms. The highest BCUT2D eigenvalue weighted by molar-refractivity contribution is 7.10. The SMILES string of the molecule is CCOC(C(=O)O)c1cccs1. The van der Waals surface area contributed by atoms with E-state index >= 15 is 0 Å². The molecule has 1 aromatic heterocycles. The van der Waals surface area contributed by atoms with Gasteiger partial charge in [0.1, 0.15) is 0 Å². The number of carboxylic acids is 1. The molecule has 1 N–H and O–H groups in total. The Kier molecular flexibility index (Phi) is 3.25. The molecule has 1 unspecified atom stereocenters. The van der Waals surface area contributed by atoms with Gasteiger partial charge in [0.05, 0.1) is 0 Å². The second kappa shape index (κ2) is 4.23. The maximum Gasteiger partial charge on any atom is 0.338 e. The fraction of sp³-hybridized carbons (Fsp3) is 0.375. The number of ether oxygens (including phenoxy) is 1. The third-order valence-electron chi connectivity index (χ3n) is 1.36. The van der Waals surface area contributed by atoms with Crippen LogP contribution in [0.4, 0.5) is 0 Å². The van der Waals surface area contributed by atoms with Crippen molar-refractivity contribution in [1.82, 2.24) is 0 Å². The van der Waals surface area contributed by atoms with E-state index in [-0.39, 0.29) is 0 Å². The van der Waals surface area contributed by atoms with Crippen LogP contribution >= 0.6 is 11.3 Å². The molecule has 1 heterocycles. The van der Waals surface area contributed by atoms with Crippen molar-refractivity contribution in [2.75, 3.05) is 6.61 Å². The minimum atomic E-state index is -0.931. The first-order valence-corrected chi connectivity index (χ1v) is 4.51. The quantitative estimate of drug-likeness (QED) is 0.781. The molecule has 0 saturated heterocycles. The Balaban J connectivity index is 2.73. The lowest BCUT2D eigenvalue weighted by atomic mass is 10.3. The van der Waals surface area contributed by atoms with Crippen LogP contribution in [-0.4, -0.2) is 17.7 Å². The molecule has 0 aliphatic rings. The smallest absolute Gasteiger partial charge is 0.338 e. The summed E-state index contributed by atoms with van der Waals surface area (Å²) in [5, 5.41) is 10.6. The van der Waals surface area contributed by atoms with Gasteiger partial charge in [-0.25, -0.2) is 4.79 Å². The third-order valence-corrected chi connectivity index (χ3v) is 2.27. The molecule has 0 aliphatic carbocycles. The van der Waals surface area contributed by atoms with E-state index in [0.29, 0.717) is 6.61 Å². The first kappa shape index (κ1) is 9.22. The standard InChI is InChI=1S/C8H10O3S/c1-2-11-7(8(9)10)6-4-3-5-12-6/h3-5,7H,2H2,1H3,(H,9,10). The zero-order valence-electron chi connectivity index (χ0n) is 6.69. The summed E-state index contributed by atoms with van der Waals surface area (Å²) in [5.74, 6) is -0.931. The van der Waals surface area contributed by atoms with Gasteiger partial charge in [-0.1, -0.05) is 6.07 Å². The maximum atomic E-state index is 10.7. The Morgan fingerprint density at radius 3 is 3.00 bits per heavy atom. The van der Waals surface area contributed by atoms with Crippen molar-refractivity contribution >= 4 is 17.3 Å². The molecular formula is C8H10O3S. The zero-order valence-corrected chi connectivity index (χ0v) is 7.50. The van der Waals surface area contributed by atoms with Crippen molar-refractivity contribution < 1.29 is 14.6 Å². The fourth-order valence-corrected chi connectivity index (χ4v) is 1.65. The van der Waals surface area contributed by atoms with Gasteiger partial charge in [-0.15, -0.1) is 11.3 Å². The lowest BCUT2D eigenvalue weighted by molar-refractivity contribution is -0.150. The van der Waals surface area contributed by atoms with Crippen LogP contribution in [0.25, 0.3) is 0 Å². The first-order valence-electron chi connectivity index (χ1n) is 3.63. The Bertz CT molecular complexity index is 243. The molecule has 0 radical (unpaired) electrons. The van der Waals surface area contributed by atoms with Gasteiger partial charge >= 0.3 is 5.97 Å². The Morgan fingerprint density at radius 1 is 1.83 bits per heavy atom. The van der Waals surface area contributed by atoms with E-state index < -0.39 is 12.1 Å². The van der Waals surface area contributed by atoms with Crippen molar-refractivity contribution in [3.63, 3.8) is 0 Å². The van der Waals surface area contributed by atoms with Gasteiger partial charge < -0.3 is 9.84 Å². The van der Waals surface area contributed by atoms with Gasteiger partial charge in [0, 0.05) is 11.5 Å². The van der Waals surface area contributed by atoms with E-state index in [1.54, 1.807) is 13.0 Å². The highest BCUT2D eigenvalue weighted by atomic mass is 32.1. The van der Waals surface area contributed by atoms with Crippen LogP contribution in [0.3, 0.4) is 0 Å². The number of aliphatic carboxylic acids is 1. The summed E-state index contributed by atoms with van der Waals surface area (Å²) in [5.41, 5.74) is 0. The average molecular weight is 186 g/mol. The van der Waals surface area contributed by atoms with E-state index in [1.165, 1.54) is 11.3 Å². The molecule has 4 heteroatoms. The summed E-state index contributed by atoms with van der Waals surface area (Å²) < 4.78 is 5.06. The second-order valence-corrected chi connectivity index (χ2v) is 3.17. The normalized spacial score (nSPS) is 12.8. The zero-order chi connectivity index (χ0) is 8.97. The minimum Gasteiger partial charge on any atom is -0.479 e. The summed E-state index contributed by atoms with van der Waals surface area (Å²) in [6, 6.07) is 3.58. The number of hydrogen-bond donors (Lipinski definition) is 1. The van der Waals surface area contributed by atoms with E-state index in [2.05, 4.69) is 0 Å². The van der Waals surface area contributed by atoms with Gasteiger partial charge in [0.2, 0.25) is 0 Å². The van der Waals surface area contributed by atoms with Gasteiger partial charge in [0.15, 0.2) is 6.10 Å². The third kappa shape index (κ3) is 2.06. The lowest BCUT2D eigenvalue weighted by Gasteiger charge is -2.09. The van der Waals surface area contributed by atoms with Crippen molar-refractivity contribution in [3.8, 4) is 0 Å². The van der Waals surface area contributed by atoms with Crippen molar-refractivity contribution in [3.05, 3.63) is 22.4 Å². The molecule has 1 rings (SSSR count). The molecule has 0 aromatic carbocycles. The van der Waals surface area contributed by atoms with Gasteiger partial charge in [-0.3, -0.25) is 0 Å². The van der Waals surface area contributed by atoms with E-state index in [1.807, 2.05) is 11.4 Å². The Morgan fingerprint density at radius 2 is 2.58 bits per heavy atom. The molecule has 0 saturated carbocycles. The van der Waals surface area contributed by atoms with Gasteiger partial charge in [-0.2, -0.15) is 0 Å². The molecule has 0 aliphatic heterocycles. The van der Waals surface area contributed by atoms with Crippen LogP contribution in [0.15, 0.2) is 17.5 Å². The summed E-state index contributed by atoms with van der Waals surface area (Å²) >= 11 is 1.39. The Labute approximate surface area is 74.6 Å². The van der Waals surface area contributed by atoms with Crippen LogP contribution in [0.2, 0.25) is 0 Å². The number of carboxylic acid groups (broad SMARTS) is 1. The van der Waals surface area contributed by atoms with Crippen molar-refractivity contribution in [2.45, 2.75) is 13.0 Å². The maximum absolute atomic E-state index is 10.7. The highest BCUT2D eigenvalue weighted by Gasteiger charge is 2.20. The minimum absolute atomic E-state index is 0.412. The fourth-order valence-electron chi connectivity index (χ4n) is 0.882.